The number of hydrogen-bond acceptors (Lipinski definition) is 5. The SMILES string of the molecule is CC(C)(C)OC(=O)N[C@]12CCC[C@@H](OC(O)C1)[C@@H]2CO[Si](c1ccccc1)(c1ccccc1)C(C)(C)C. The first kappa shape index (κ1) is 27.8. The maximum atomic E-state index is 13.0. The van der Waals surface area contributed by atoms with E-state index in [1.165, 1.54) is 10.4 Å². The normalized spacial score (nSPS) is 26.4. The fourth-order valence-electron chi connectivity index (χ4n) is 6.30. The van der Waals surface area contributed by atoms with Gasteiger partial charge in [0.15, 0.2) is 6.29 Å². The van der Waals surface area contributed by atoms with E-state index in [0.717, 1.165) is 19.3 Å². The van der Waals surface area contributed by atoms with Gasteiger partial charge in [-0.25, -0.2) is 4.79 Å². The molecule has 2 aliphatic rings. The summed E-state index contributed by atoms with van der Waals surface area (Å²) in [5, 5.41) is 16.1. The maximum absolute atomic E-state index is 13.0. The van der Waals surface area contributed by atoms with Crippen molar-refractivity contribution >= 4 is 24.8 Å². The molecule has 0 aromatic heterocycles. The van der Waals surface area contributed by atoms with Gasteiger partial charge in [-0.2, -0.15) is 0 Å². The number of fused-ring (bicyclic) bond motifs is 2. The van der Waals surface area contributed by atoms with Crippen LogP contribution < -0.4 is 15.7 Å². The molecule has 0 spiro atoms. The molecule has 7 heteroatoms. The third-order valence-electron chi connectivity index (χ3n) is 7.79. The molecular formula is C30H43NO5Si. The van der Waals surface area contributed by atoms with Gasteiger partial charge in [-0.1, -0.05) is 81.4 Å². The van der Waals surface area contributed by atoms with Gasteiger partial charge in [0.05, 0.1) is 11.6 Å². The Kier molecular flexibility index (Phi) is 7.91. The first-order chi connectivity index (χ1) is 17.4. The minimum atomic E-state index is -2.77. The molecule has 1 aliphatic heterocycles. The number of carbonyl (C=O) groups excluding carboxylic acids is 1. The predicted molar refractivity (Wildman–Crippen MR) is 149 cm³/mol. The van der Waals surface area contributed by atoms with Gasteiger partial charge in [0.2, 0.25) is 0 Å². The Labute approximate surface area is 222 Å². The van der Waals surface area contributed by atoms with Crippen LogP contribution in [0.1, 0.15) is 67.2 Å². The lowest BCUT2D eigenvalue weighted by atomic mass is 9.67. The Hall–Kier alpha value is -2.19. The molecule has 2 N–H and O–H groups in total. The third-order valence-corrected chi connectivity index (χ3v) is 12.8. The molecule has 1 saturated carbocycles. The highest BCUT2D eigenvalue weighted by atomic mass is 28.4. The second kappa shape index (κ2) is 10.5. The van der Waals surface area contributed by atoms with E-state index in [1.54, 1.807) is 0 Å². The maximum Gasteiger partial charge on any atom is 0.408 e. The fourth-order valence-corrected chi connectivity index (χ4v) is 10.9. The van der Waals surface area contributed by atoms with Crippen LogP contribution in [0.2, 0.25) is 5.04 Å². The first-order valence-corrected chi connectivity index (χ1v) is 15.4. The summed E-state index contributed by atoms with van der Waals surface area (Å²) < 4.78 is 19.0. The molecule has 4 atom stereocenters. The highest BCUT2D eigenvalue weighted by Crippen LogP contribution is 2.45. The van der Waals surface area contributed by atoms with Crippen LogP contribution in [0.5, 0.6) is 0 Å². The molecule has 1 aliphatic carbocycles. The van der Waals surface area contributed by atoms with Crippen molar-refractivity contribution in [2.75, 3.05) is 6.61 Å². The van der Waals surface area contributed by atoms with E-state index in [1.807, 2.05) is 32.9 Å². The Morgan fingerprint density at radius 2 is 1.59 bits per heavy atom. The van der Waals surface area contributed by atoms with E-state index in [4.69, 9.17) is 13.9 Å². The molecule has 202 valence electrons. The number of rotatable bonds is 6. The Bertz CT molecular complexity index is 1010. The topological polar surface area (TPSA) is 77.0 Å². The quantitative estimate of drug-likeness (QED) is 0.533. The number of carbonyl (C=O) groups is 1. The molecule has 1 heterocycles. The van der Waals surface area contributed by atoms with Crippen LogP contribution in [-0.2, 0) is 13.9 Å². The molecule has 1 saturated heterocycles. The van der Waals surface area contributed by atoms with E-state index in [2.05, 4.69) is 74.6 Å². The van der Waals surface area contributed by atoms with E-state index < -0.39 is 31.8 Å². The summed E-state index contributed by atoms with van der Waals surface area (Å²) in [6.07, 6.45) is 1.20. The first-order valence-electron chi connectivity index (χ1n) is 13.5. The van der Waals surface area contributed by atoms with Gasteiger partial charge in [0.1, 0.15) is 5.60 Å². The molecule has 2 bridgehead atoms. The van der Waals surface area contributed by atoms with Gasteiger partial charge in [0.25, 0.3) is 8.32 Å². The minimum absolute atomic E-state index is 0.112. The number of aliphatic hydroxyl groups is 1. The summed E-state index contributed by atoms with van der Waals surface area (Å²) in [5.41, 5.74) is -1.27. The molecule has 1 unspecified atom stereocenters. The predicted octanol–water partition coefficient (Wildman–Crippen LogP) is 4.73. The average Bonchev–Trinajstić information content (AvgIpc) is 2.79. The van der Waals surface area contributed by atoms with Crippen LogP contribution >= 0.6 is 0 Å². The fraction of sp³-hybridized carbons (Fsp3) is 0.567. The van der Waals surface area contributed by atoms with Crippen LogP contribution in [0, 0.1) is 5.92 Å². The summed E-state index contributed by atoms with van der Waals surface area (Å²) in [6, 6.07) is 21.1. The number of hydrogen-bond donors (Lipinski definition) is 2. The summed E-state index contributed by atoms with van der Waals surface area (Å²) in [6.45, 7) is 12.8. The zero-order chi connectivity index (χ0) is 26.9. The van der Waals surface area contributed by atoms with Crippen molar-refractivity contribution in [3.05, 3.63) is 60.7 Å². The third kappa shape index (κ3) is 5.80. The molecule has 4 rings (SSSR count). The average molecular weight is 526 g/mol. The summed E-state index contributed by atoms with van der Waals surface area (Å²) >= 11 is 0. The number of amides is 1. The second-order valence-corrected chi connectivity index (χ2v) is 16.9. The number of alkyl carbamates (subject to hydrolysis) is 1. The Morgan fingerprint density at radius 1 is 1.03 bits per heavy atom. The smallest absolute Gasteiger partial charge is 0.408 e. The molecule has 0 radical (unpaired) electrons. The number of benzene rings is 2. The van der Waals surface area contributed by atoms with Crippen LogP contribution in [0.4, 0.5) is 4.79 Å². The summed E-state index contributed by atoms with van der Waals surface area (Å²) in [4.78, 5) is 13.0. The van der Waals surface area contributed by atoms with E-state index in [-0.39, 0.29) is 17.1 Å². The van der Waals surface area contributed by atoms with Gasteiger partial charge < -0.3 is 24.3 Å². The molecular weight excluding hydrogens is 482 g/mol. The van der Waals surface area contributed by atoms with Crippen molar-refractivity contribution in [2.24, 2.45) is 5.92 Å². The Morgan fingerprint density at radius 3 is 2.11 bits per heavy atom. The summed E-state index contributed by atoms with van der Waals surface area (Å²) in [5.74, 6) is -0.112. The lowest BCUT2D eigenvalue weighted by Gasteiger charge is -2.54. The molecule has 2 fully saturated rings. The van der Waals surface area contributed by atoms with Crippen molar-refractivity contribution in [2.45, 2.75) is 95.8 Å². The molecule has 6 nitrogen and oxygen atoms in total. The zero-order valence-corrected chi connectivity index (χ0v) is 24.1. The van der Waals surface area contributed by atoms with Crippen molar-refractivity contribution in [3.63, 3.8) is 0 Å². The van der Waals surface area contributed by atoms with Crippen LogP contribution in [-0.4, -0.2) is 49.7 Å². The van der Waals surface area contributed by atoms with Crippen LogP contribution in [0.3, 0.4) is 0 Å². The van der Waals surface area contributed by atoms with Gasteiger partial charge in [0, 0.05) is 18.9 Å². The largest absolute Gasteiger partial charge is 0.444 e. The van der Waals surface area contributed by atoms with Crippen molar-refractivity contribution in [3.8, 4) is 0 Å². The molecule has 2 aromatic carbocycles. The highest BCUT2D eigenvalue weighted by molar-refractivity contribution is 6.99. The van der Waals surface area contributed by atoms with Gasteiger partial charge in [-0.05, 0) is 55.4 Å². The van der Waals surface area contributed by atoms with Crippen LogP contribution in [0.15, 0.2) is 60.7 Å². The molecule has 37 heavy (non-hydrogen) atoms. The standard InChI is InChI=1S/C30H43NO5Si/c1-28(2,3)36-27(33)31-30-19-13-18-25(35-26(32)20-30)24(30)21-34-37(29(4,5)6,22-14-9-7-10-15-22)23-16-11-8-12-17-23/h7-12,14-17,24-26,32H,13,18-21H2,1-6H3,(H,31,33)/t24-,25+,26?,30+/m0/s1. The van der Waals surface area contributed by atoms with Crippen LogP contribution in [0.25, 0.3) is 0 Å². The second-order valence-electron chi connectivity index (χ2n) is 12.6. The van der Waals surface area contributed by atoms with E-state index in [9.17, 15) is 9.90 Å². The van der Waals surface area contributed by atoms with E-state index in [0.29, 0.717) is 13.0 Å². The lowest BCUT2D eigenvalue weighted by Crippen LogP contribution is -2.70. The monoisotopic (exact) mass is 525 g/mol. The van der Waals surface area contributed by atoms with E-state index >= 15 is 0 Å². The molecule has 2 aromatic rings. The van der Waals surface area contributed by atoms with Crippen molar-refractivity contribution in [1.82, 2.24) is 5.32 Å². The number of nitrogens with one attached hydrogen (secondary N) is 1. The van der Waals surface area contributed by atoms with Gasteiger partial charge in [-0.3, -0.25) is 0 Å². The zero-order valence-electron chi connectivity index (χ0n) is 23.1. The lowest BCUT2D eigenvalue weighted by molar-refractivity contribution is -0.228. The minimum Gasteiger partial charge on any atom is -0.444 e. The van der Waals surface area contributed by atoms with Crippen molar-refractivity contribution < 1.29 is 23.8 Å². The number of ether oxygens (including phenoxy) is 2. The highest BCUT2D eigenvalue weighted by Gasteiger charge is 2.56. The van der Waals surface area contributed by atoms with Gasteiger partial charge >= 0.3 is 6.09 Å². The summed E-state index contributed by atoms with van der Waals surface area (Å²) in [7, 11) is -2.77. The van der Waals surface area contributed by atoms with Gasteiger partial charge in [-0.15, -0.1) is 0 Å². The molecule has 1 amide bonds. The van der Waals surface area contributed by atoms with Crippen molar-refractivity contribution in [1.29, 1.82) is 0 Å². The Balaban J connectivity index is 1.73. The number of aliphatic hydroxyl groups excluding tert-OH is 1.